The van der Waals surface area contributed by atoms with Crippen molar-refractivity contribution in [2.75, 3.05) is 5.32 Å². The summed E-state index contributed by atoms with van der Waals surface area (Å²) in [5.41, 5.74) is 4.81. The Morgan fingerprint density at radius 1 is 0.786 bits per heavy atom. The zero-order chi connectivity index (χ0) is 18.5. The molecular weight excluding hydrogens is 360 g/mol. The van der Waals surface area contributed by atoms with E-state index >= 15 is 0 Å². The van der Waals surface area contributed by atoms with Crippen LogP contribution in [-0.2, 0) is 0 Å². The van der Waals surface area contributed by atoms with Gasteiger partial charge in [0.25, 0.3) is 0 Å². The Kier molecular flexibility index (Phi) is 4.04. The molecule has 3 aromatic rings. The van der Waals surface area contributed by atoms with E-state index in [1.165, 1.54) is 48.8 Å². The van der Waals surface area contributed by atoms with Gasteiger partial charge in [-0.15, -0.1) is 11.3 Å². The van der Waals surface area contributed by atoms with Gasteiger partial charge in [0, 0.05) is 17.0 Å². The minimum atomic E-state index is 0.656. The standard InChI is InChI=1S/C25H26N2S/c1-2-5-16(6-3-1)17-9-11-18(12-10-17)24-15-28-25(27-24)26-23-14-19-13-22(23)21-8-4-7-20(19)21/h1-3,5-6,9-12,15,19-23H,4,7-8,13-14H2,(H,26,27). The van der Waals surface area contributed by atoms with Gasteiger partial charge in [0.05, 0.1) is 5.69 Å². The van der Waals surface area contributed by atoms with E-state index < -0.39 is 0 Å². The third-order valence-corrected chi connectivity index (χ3v) is 8.30. The molecule has 3 heteroatoms. The number of anilines is 1. The summed E-state index contributed by atoms with van der Waals surface area (Å²) in [4.78, 5) is 4.92. The zero-order valence-electron chi connectivity index (χ0n) is 16.1. The lowest BCUT2D eigenvalue weighted by Gasteiger charge is -2.31. The fourth-order valence-electron chi connectivity index (χ4n) is 6.33. The molecule has 1 N–H and O–H groups in total. The van der Waals surface area contributed by atoms with Crippen LogP contribution in [0.3, 0.4) is 0 Å². The van der Waals surface area contributed by atoms with E-state index in [0.29, 0.717) is 6.04 Å². The summed E-state index contributed by atoms with van der Waals surface area (Å²) in [5.74, 6) is 3.94. The lowest BCUT2D eigenvalue weighted by atomic mass is 9.79. The number of rotatable bonds is 4. The number of hydrogen-bond acceptors (Lipinski definition) is 3. The van der Waals surface area contributed by atoms with Crippen LogP contribution in [0.5, 0.6) is 0 Å². The predicted molar refractivity (Wildman–Crippen MR) is 117 cm³/mol. The van der Waals surface area contributed by atoms with Gasteiger partial charge in [0.2, 0.25) is 0 Å². The number of thiazole rings is 1. The van der Waals surface area contributed by atoms with Crippen LogP contribution in [0, 0.1) is 23.7 Å². The van der Waals surface area contributed by atoms with Gasteiger partial charge in [-0.1, -0.05) is 61.0 Å². The van der Waals surface area contributed by atoms with E-state index in [-0.39, 0.29) is 0 Å². The molecule has 6 rings (SSSR count). The molecule has 3 aliphatic carbocycles. The smallest absolute Gasteiger partial charge is 0.183 e. The molecule has 142 valence electrons. The van der Waals surface area contributed by atoms with Gasteiger partial charge in [0.1, 0.15) is 0 Å². The highest BCUT2D eigenvalue weighted by molar-refractivity contribution is 7.14. The Morgan fingerprint density at radius 3 is 2.39 bits per heavy atom. The van der Waals surface area contributed by atoms with Crippen LogP contribution in [0.15, 0.2) is 60.0 Å². The molecule has 3 fully saturated rings. The van der Waals surface area contributed by atoms with Crippen molar-refractivity contribution in [3.63, 3.8) is 0 Å². The fourth-order valence-corrected chi connectivity index (χ4v) is 7.11. The summed E-state index contributed by atoms with van der Waals surface area (Å²) in [6.07, 6.45) is 7.27. The van der Waals surface area contributed by atoms with Gasteiger partial charge < -0.3 is 5.32 Å². The number of benzene rings is 2. The summed E-state index contributed by atoms with van der Waals surface area (Å²) in [6.45, 7) is 0. The summed E-state index contributed by atoms with van der Waals surface area (Å²) in [6, 6.07) is 20.0. The van der Waals surface area contributed by atoms with Crippen LogP contribution < -0.4 is 5.32 Å². The zero-order valence-corrected chi connectivity index (χ0v) is 16.9. The maximum absolute atomic E-state index is 4.92. The first kappa shape index (κ1) is 16.8. The molecule has 0 radical (unpaired) electrons. The van der Waals surface area contributed by atoms with Crippen molar-refractivity contribution in [1.29, 1.82) is 0 Å². The topological polar surface area (TPSA) is 24.9 Å². The summed E-state index contributed by atoms with van der Waals surface area (Å²) >= 11 is 1.76. The molecule has 5 atom stereocenters. The average Bonchev–Trinajstić information content (AvgIpc) is 3.52. The maximum Gasteiger partial charge on any atom is 0.183 e. The van der Waals surface area contributed by atoms with Crippen LogP contribution in [0.4, 0.5) is 5.13 Å². The molecule has 0 amide bonds. The highest BCUT2D eigenvalue weighted by Crippen LogP contribution is 2.59. The van der Waals surface area contributed by atoms with Crippen LogP contribution in [0.1, 0.15) is 32.1 Å². The Morgan fingerprint density at radius 2 is 1.54 bits per heavy atom. The van der Waals surface area contributed by atoms with E-state index in [1.54, 1.807) is 11.3 Å². The second-order valence-corrected chi connectivity index (χ2v) is 9.74. The molecule has 3 saturated carbocycles. The minimum Gasteiger partial charge on any atom is -0.358 e. The van der Waals surface area contributed by atoms with Crippen molar-refractivity contribution in [3.05, 3.63) is 60.0 Å². The van der Waals surface area contributed by atoms with Crippen LogP contribution in [-0.4, -0.2) is 11.0 Å². The van der Waals surface area contributed by atoms with Crippen LogP contribution >= 0.6 is 11.3 Å². The quantitative estimate of drug-likeness (QED) is 0.539. The van der Waals surface area contributed by atoms with Gasteiger partial charge in [-0.3, -0.25) is 0 Å². The first-order valence-corrected chi connectivity index (χ1v) is 11.6. The van der Waals surface area contributed by atoms with Gasteiger partial charge >= 0.3 is 0 Å². The van der Waals surface area contributed by atoms with E-state index in [2.05, 4.69) is 65.3 Å². The van der Waals surface area contributed by atoms with Gasteiger partial charge in [0.15, 0.2) is 5.13 Å². The van der Waals surface area contributed by atoms with Crippen LogP contribution in [0.2, 0.25) is 0 Å². The van der Waals surface area contributed by atoms with Crippen LogP contribution in [0.25, 0.3) is 22.4 Å². The Labute approximate surface area is 171 Å². The van der Waals surface area contributed by atoms with Crippen molar-refractivity contribution in [2.24, 2.45) is 23.7 Å². The Balaban J connectivity index is 1.17. The molecule has 0 spiro atoms. The minimum absolute atomic E-state index is 0.656. The first-order valence-electron chi connectivity index (χ1n) is 10.7. The summed E-state index contributed by atoms with van der Waals surface area (Å²) < 4.78 is 0. The molecule has 2 bridgehead atoms. The fraction of sp³-hybridized carbons (Fsp3) is 0.400. The average molecular weight is 387 g/mol. The molecule has 2 aromatic carbocycles. The van der Waals surface area contributed by atoms with Crippen molar-refractivity contribution in [2.45, 2.75) is 38.1 Å². The van der Waals surface area contributed by atoms with Gasteiger partial charge in [-0.2, -0.15) is 0 Å². The number of hydrogen-bond donors (Lipinski definition) is 1. The monoisotopic (exact) mass is 386 g/mol. The molecule has 1 heterocycles. The SMILES string of the molecule is c1ccc(-c2ccc(-c3csc(NC4CC5CC4C4CCCC54)n3)cc2)cc1. The number of nitrogens with one attached hydrogen (secondary N) is 1. The molecule has 3 aliphatic rings. The lowest BCUT2D eigenvalue weighted by molar-refractivity contribution is 0.243. The molecule has 5 unspecified atom stereocenters. The summed E-state index contributed by atoms with van der Waals surface area (Å²) in [5, 5.41) is 7.13. The lowest BCUT2D eigenvalue weighted by Crippen LogP contribution is -2.33. The third-order valence-electron chi connectivity index (χ3n) is 7.53. The van der Waals surface area contributed by atoms with E-state index in [4.69, 9.17) is 4.98 Å². The number of nitrogens with zero attached hydrogens (tertiary/aromatic N) is 1. The van der Waals surface area contributed by atoms with Gasteiger partial charge in [-0.25, -0.2) is 4.98 Å². The molecule has 2 nitrogen and oxygen atoms in total. The van der Waals surface area contributed by atoms with Gasteiger partial charge in [-0.05, 0) is 60.5 Å². The van der Waals surface area contributed by atoms with E-state index in [9.17, 15) is 0 Å². The van der Waals surface area contributed by atoms with Crippen molar-refractivity contribution >= 4 is 16.5 Å². The number of aromatic nitrogens is 1. The normalized spacial score (nSPS) is 30.5. The predicted octanol–water partition coefficient (Wildman–Crippen LogP) is 6.71. The van der Waals surface area contributed by atoms with Crippen molar-refractivity contribution in [1.82, 2.24) is 4.98 Å². The number of fused-ring (bicyclic) bond motifs is 5. The second-order valence-electron chi connectivity index (χ2n) is 8.89. The molecule has 0 aliphatic heterocycles. The molecule has 1 aromatic heterocycles. The second kappa shape index (κ2) is 6.73. The van der Waals surface area contributed by atoms with Crippen molar-refractivity contribution in [3.8, 4) is 22.4 Å². The third kappa shape index (κ3) is 2.79. The first-order chi connectivity index (χ1) is 13.8. The summed E-state index contributed by atoms with van der Waals surface area (Å²) in [7, 11) is 0. The highest BCUT2D eigenvalue weighted by atomic mass is 32.1. The Bertz CT molecular complexity index is 962. The Hall–Kier alpha value is -2.13. The molecular formula is C25H26N2S. The van der Waals surface area contributed by atoms with Crippen molar-refractivity contribution < 1.29 is 0 Å². The molecule has 0 saturated heterocycles. The largest absolute Gasteiger partial charge is 0.358 e. The maximum atomic E-state index is 4.92. The highest BCUT2D eigenvalue weighted by Gasteiger charge is 2.53. The van der Waals surface area contributed by atoms with E-state index in [0.717, 1.165) is 34.5 Å². The molecule has 28 heavy (non-hydrogen) atoms. The van der Waals surface area contributed by atoms with E-state index in [1.807, 2.05) is 0 Å².